The lowest BCUT2D eigenvalue weighted by molar-refractivity contribution is -0.0860. The van der Waals surface area contributed by atoms with E-state index in [2.05, 4.69) is 29.8 Å². The quantitative estimate of drug-likeness (QED) is 0.897. The maximum atomic E-state index is 13.2. The molecule has 0 aliphatic heterocycles. The topological polar surface area (TPSA) is 20.2 Å². The molecule has 1 aromatic carbocycles. The molecule has 1 aliphatic carbocycles. The van der Waals surface area contributed by atoms with Crippen molar-refractivity contribution in [2.45, 2.75) is 38.7 Å². The van der Waals surface area contributed by atoms with Crippen molar-refractivity contribution in [3.63, 3.8) is 0 Å². The van der Waals surface area contributed by atoms with Crippen LogP contribution in [-0.4, -0.2) is 10.7 Å². The standard InChI is InChI=1S/C14H18BrFO/c1-9(2)11-7-14(17,8-11)6-10-3-12(15)5-13(16)4-10/h3-5,9,11,17H,6-8H2,1-2H3. The molecule has 1 saturated carbocycles. The summed E-state index contributed by atoms with van der Waals surface area (Å²) in [5, 5.41) is 10.3. The van der Waals surface area contributed by atoms with Crippen molar-refractivity contribution in [3.05, 3.63) is 34.1 Å². The Hall–Kier alpha value is -0.410. The minimum absolute atomic E-state index is 0.252. The molecule has 1 fully saturated rings. The maximum absolute atomic E-state index is 13.2. The third-order valence-corrected chi connectivity index (χ3v) is 4.14. The Labute approximate surface area is 110 Å². The maximum Gasteiger partial charge on any atom is 0.124 e. The van der Waals surface area contributed by atoms with Crippen LogP contribution in [0.15, 0.2) is 22.7 Å². The van der Waals surface area contributed by atoms with Crippen LogP contribution in [0.3, 0.4) is 0 Å². The van der Waals surface area contributed by atoms with Crippen LogP contribution in [0.4, 0.5) is 4.39 Å². The first-order valence-electron chi connectivity index (χ1n) is 6.05. The predicted octanol–water partition coefficient (Wildman–Crippen LogP) is 3.93. The number of hydrogen-bond acceptors (Lipinski definition) is 1. The van der Waals surface area contributed by atoms with E-state index < -0.39 is 5.60 Å². The highest BCUT2D eigenvalue weighted by atomic mass is 79.9. The van der Waals surface area contributed by atoms with Gasteiger partial charge in [0, 0.05) is 10.9 Å². The van der Waals surface area contributed by atoms with Crippen molar-refractivity contribution in [3.8, 4) is 0 Å². The molecule has 0 unspecified atom stereocenters. The van der Waals surface area contributed by atoms with E-state index >= 15 is 0 Å². The van der Waals surface area contributed by atoms with Crippen LogP contribution in [0.2, 0.25) is 0 Å². The monoisotopic (exact) mass is 300 g/mol. The van der Waals surface area contributed by atoms with Gasteiger partial charge in [0.1, 0.15) is 5.82 Å². The Morgan fingerprint density at radius 2 is 2.06 bits per heavy atom. The van der Waals surface area contributed by atoms with Gasteiger partial charge < -0.3 is 5.11 Å². The van der Waals surface area contributed by atoms with E-state index in [1.807, 2.05) is 6.07 Å². The minimum Gasteiger partial charge on any atom is -0.390 e. The van der Waals surface area contributed by atoms with Crippen molar-refractivity contribution in [1.82, 2.24) is 0 Å². The van der Waals surface area contributed by atoms with Crippen LogP contribution < -0.4 is 0 Å². The van der Waals surface area contributed by atoms with Gasteiger partial charge in [0.15, 0.2) is 0 Å². The van der Waals surface area contributed by atoms with Gasteiger partial charge in [-0.15, -0.1) is 0 Å². The third kappa shape index (κ3) is 3.08. The normalized spacial score (nSPS) is 28.2. The molecule has 2 rings (SSSR count). The highest BCUT2D eigenvalue weighted by molar-refractivity contribution is 9.10. The van der Waals surface area contributed by atoms with Crippen molar-refractivity contribution >= 4 is 15.9 Å². The molecule has 0 atom stereocenters. The Bertz CT molecular complexity index is 390. The summed E-state index contributed by atoms with van der Waals surface area (Å²) < 4.78 is 14.0. The van der Waals surface area contributed by atoms with Gasteiger partial charge in [-0.05, 0) is 48.4 Å². The summed E-state index contributed by atoms with van der Waals surface area (Å²) in [5.41, 5.74) is 0.240. The van der Waals surface area contributed by atoms with Crippen LogP contribution in [0.25, 0.3) is 0 Å². The van der Waals surface area contributed by atoms with E-state index in [0.29, 0.717) is 18.3 Å². The van der Waals surface area contributed by atoms with Crippen LogP contribution in [0.1, 0.15) is 32.3 Å². The van der Waals surface area contributed by atoms with Crippen LogP contribution in [0.5, 0.6) is 0 Å². The van der Waals surface area contributed by atoms with Gasteiger partial charge >= 0.3 is 0 Å². The lowest BCUT2D eigenvalue weighted by Crippen LogP contribution is -2.47. The summed E-state index contributed by atoms with van der Waals surface area (Å²) in [7, 11) is 0. The number of halogens is 2. The molecule has 0 heterocycles. The number of hydrogen-bond donors (Lipinski definition) is 1. The molecule has 1 N–H and O–H groups in total. The number of rotatable bonds is 3. The van der Waals surface area contributed by atoms with Crippen molar-refractivity contribution in [2.24, 2.45) is 11.8 Å². The molecule has 1 nitrogen and oxygen atoms in total. The second-order valence-corrected chi connectivity index (χ2v) is 6.51. The van der Waals surface area contributed by atoms with Crippen molar-refractivity contribution in [2.75, 3.05) is 0 Å². The predicted molar refractivity (Wildman–Crippen MR) is 70.3 cm³/mol. The smallest absolute Gasteiger partial charge is 0.124 e. The van der Waals surface area contributed by atoms with E-state index in [9.17, 15) is 9.50 Å². The van der Waals surface area contributed by atoms with E-state index in [4.69, 9.17) is 0 Å². The Morgan fingerprint density at radius 3 is 2.59 bits per heavy atom. The molecular weight excluding hydrogens is 283 g/mol. The summed E-state index contributed by atoms with van der Waals surface area (Å²) >= 11 is 3.27. The third-order valence-electron chi connectivity index (χ3n) is 3.68. The molecule has 1 aromatic rings. The summed E-state index contributed by atoms with van der Waals surface area (Å²) in [6.45, 7) is 4.37. The van der Waals surface area contributed by atoms with E-state index in [-0.39, 0.29) is 5.82 Å². The molecule has 3 heteroatoms. The molecule has 1 aliphatic rings. The summed E-state index contributed by atoms with van der Waals surface area (Å²) in [4.78, 5) is 0. The van der Waals surface area contributed by atoms with Gasteiger partial charge in [0.25, 0.3) is 0 Å². The van der Waals surface area contributed by atoms with E-state index in [0.717, 1.165) is 22.9 Å². The van der Waals surface area contributed by atoms with Crippen molar-refractivity contribution < 1.29 is 9.50 Å². The number of benzene rings is 1. The SMILES string of the molecule is CC(C)C1CC(O)(Cc2cc(F)cc(Br)c2)C1. The summed E-state index contributed by atoms with van der Waals surface area (Å²) in [6, 6.07) is 4.82. The van der Waals surface area contributed by atoms with E-state index in [1.54, 1.807) is 0 Å². The molecule has 0 spiro atoms. The van der Waals surface area contributed by atoms with Crippen LogP contribution in [-0.2, 0) is 6.42 Å². The van der Waals surface area contributed by atoms with Gasteiger partial charge in [-0.1, -0.05) is 29.8 Å². The van der Waals surface area contributed by atoms with Crippen molar-refractivity contribution in [1.29, 1.82) is 0 Å². The first-order valence-corrected chi connectivity index (χ1v) is 6.85. The average molecular weight is 301 g/mol. The van der Waals surface area contributed by atoms with Gasteiger partial charge in [-0.3, -0.25) is 0 Å². The Balaban J connectivity index is 2.02. The highest BCUT2D eigenvalue weighted by Gasteiger charge is 2.43. The second-order valence-electron chi connectivity index (χ2n) is 5.59. The summed E-state index contributed by atoms with van der Waals surface area (Å²) in [6.07, 6.45) is 2.21. The average Bonchev–Trinajstić information content (AvgIpc) is 2.11. The fraction of sp³-hybridized carbons (Fsp3) is 0.571. The lowest BCUT2D eigenvalue weighted by atomic mass is 9.64. The van der Waals surface area contributed by atoms with Crippen LogP contribution >= 0.6 is 15.9 Å². The van der Waals surface area contributed by atoms with Gasteiger partial charge in [0.2, 0.25) is 0 Å². The second kappa shape index (κ2) is 4.69. The zero-order valence-electron chi connectivity index (χ0n) is 10.2. The Kier molecular flexibility index (Phi) is 3.60. The molecule has 17 heavy (non-hydrogen) atoms. The molecule has 0 amide bonds. The molecule has 0 bridgehead atoms. The van der Waals surface area contributed by atoms with Gasteiger partial charge in [-0.2, -0.15) is 0 Å². The zero-order valence-corrected chi connectivity index (χ0v) is 11.8. The molecular formula is C14H18BrFO. The fourth-order valence-electron chi connectivity index (χ4n) is 2.63. The molecule has 0 aromatic heterocycles. The number of aliphatic hydroxyl groups is 1. The lowest BCUT2D eigenvalue weighted by Gasteiger charge is -2.46. The Morgan fingerprint density at radius 1 is 1.41 bits per heavy atom. The highest BCUT2D eigenvalue weighted by Crippen LogP contribution is 2.44. The molecule has 94 valence electrons. The van der Waals surface area contributed by atoms with E-state index in [1.165, 1.54) is 12.1 Å². The first-order chi connectivity index (χ1) is 7.88. The van der Waals surface area contributed by atoms with Gasteiger partial charge in [-0.25, -0.2) is 4.39 Å². The molecule has 0 radical (unpaired) electrons. The fourth-order valence-corrected chi connectivity index (χ4v) is 3.14. The zero-order chi connectivity index (χ0) is 12.6. The first kappa shape index (κ1) is 13.0. The van der Waals surface area contributed by atoms with Crippen LogP contribution in [0, 0.1) is 17.7 Å². The minimum atomic E-state index is -0.623. The summed E-state index contributed by atoms with van der Waals surface area (Å²) in [5.74, 6) is 0.976. The largest absolute Gasteiger partial charge is 0.390 e. The molecule has 0 saturated heterocycles. The van der Waals surface area contributed by atoms with Gasteiger partial charge in [0.05, 0.1) is 5.60 Å².